The number of H-pyrrole nitrogens is 1. The van der Waals surface area contributed by atoms with Crippen molar-refractivity contribution in [3.63, 3.8) is 0 Å². The molecular weight excluding hydrogens is 332 g/mol. The summed E-state index contributed by atoms with van der Waals surface area (Å²) in [6, 6.07) is 16.0. The summed E-state index contributed by atoms with van der Waals surface area (Å²) in [5.74, 6) is 1.49. The fourth-order valence-corrected chi connectivity index (χ4v) is 2.60. The molecule has 0 aliphatic carbocycles. The summed E-state index contributed by atoms with van der Waals surface area (Å²) in [4.78, 5) is 0. The summed E-state index contributed by atoms with van der Waals surface area (Å²) in [6.45, 7) is 4.73. The molecule has 25 heavy (non-hydrogen) atoms. The first-order valence-electron chi connectivity index (χ1n) is 8.25. The van der Waals surface area contributed by atoms with E-state index < -0.39 is 0 Å². The van der Waals surface area contributed by atoms with Crippen molar-refractivity contribution in [3.8, 4) is 17.1 Å². The highest BCUT2D eigenvalue weighted by molar-refractivity contribution is 7.71. The maximum absolute atomic E-state index is 5.47. The zero-order valence-electron chi connectivity index (χ0n) is 14.3. The molecule has 0 aliphatic heterocycles. The van der Waals surface area contributed by atoms with Crippen LogP contribution in [0.5, 0.6) is 5.75 Å². The van der Waals surface area contributed by atoms with Crippen molar-refractivity contribution >= 4 is 18.4 Å². The van der Waals surface area contributed by atoms with Crippen LogP contribution in [0.3, 0.4) is 0 Å². The van der Waals surface area contributed by atoms with Crippen LogP contribution in [0.1, 0.15) is 25.0 Å². The van der Waals surface area contributed by atoms with E-state index in [1.54, 1.807) is 10.9 Å². The van der Waals surface area contributed by atoms with Gasteiger partial charge in [0.05, 0.1) is 12.8 Å². The lowest BCUT2D eigenvalue weighted by Crippen LogP contribution is -1.96. The number of hydrogen-bond donors (Lipinski definition) is 1. The molecule has 128 valence electrons. The molecule has 0 saturated heterocycles. The minimum Gasteiger partial charge on any atom is -0.494 e. The van der Waals surface area contributed by atoms with Gasteiger partial charge >= 0.3 is 0 Å². The molecular formula is C19H20N4OS. The molecule has 2 aromatic carbocycles. The normalized spacial score (nSPS) is 11.1. The number of aromatic amines is 1. The third kappa shape index (κ3) is 4.03. The van der Waals surface area contributed by atoms with E-state index in [1.165, 1.54) is 5.56 Å². The van der Waals surface area contributed by atoms with Crippen LogP contribution in [0.25, 0.3) is 11.4 Å². The number of benzene rings is 2. The van der Waals surface area contributed by atoms with Crippen molar-refractivity contribution in [3.05, 3.63) is 64.4 Å². The smallest absolute Gasteiger partial charge is 0.216 e. The fourth-order valence-electron chi connectivity index (χ4n) is 2.42. The quantitative estimate of drug-likeness (QED) is 0.527. The molecule has 0 fully saturated rings. The van der Waals surface area contributed by atoms with Crippen molar-refractivity contribution < 1.29 is 4.74 Å². The number of aryl methyl sites for hydroxylation is 1. The first-order valence-corrected chi connectivity index (χ1v) is 8.66. The number of nitrogens with one attached hydrogen (secondary N) is 1. The predicted molar refractivity (Wildman–Crippen MR) is 103 cm³/mol. The molecule has 0 saturated carbocycles. The van der Waals surface area contributed by atoms with E-state index in [0.717, 1.165) is 23.3 Å². The lowest BCUT2D eigenvalue weighted by molar-refractivity contribution is 0.340. The summed E-state index contributed by atoms with van der Waals surface area (Å²) >= 11 is 5.30. The lowest BCUT2D eigenvalue weighted by atomic mass is 10.1. The van der Waals surface area contributed by atoms with Gasteiger partial charge in [-0.3, -0.25) is 0 Å². The van der Waals surface area contributed by atoms with Crippen LogP contribution in [0.2, 0.25) is 0 Å². The Bertz CT molecular complexity index is 908. The molecule has 0 amide bonds. The minimum absolute atomic E-state index is 0.449. The number of nitrogens with zero attached hydrogens (tertiary/aromatic N) is 3. The van der Waals surface area contributed by atoms with Crippen molar-refractivity contribution in [2.45, 2.75) is 20.3 Å². The second-order valence-corrected chi connectivity index (χ2v) is 5.85. The Morgan fingerprint density at radius 1 is 1.12 bits per heavy atom. The molecule has 0 unspecified atom stereocenters. The molecule has 3 rings (SSSR count). The summed E-state index contributed by atoms with van der Waals surface area (Å²) < 4.78 is 7.54. The van der Waals surface area contributed by atoms with Crippen molar-refractivity contribution in [1.29, 1.82) is 0 Å². The molecule has 3 aromatic rings. The Morgan fingerprint density at radius 2 is 1.84 bits per heavy atom. The Kier molecular flexibility index (Phi) is 5.40. The van der Waals surface area contributed by atoms with Gasteiger partial charge in [0, 0.05) is 5.56 Å². The molecule has 1 aromatic heterocycles. The van der Waals surface area contributed by atoms with Crippen molar-refractivity contribution in [2.24, 2.45) is 5.10 Å². The minimum atomic E-state index is 0.449. The van der Waals surface area contributed by atoms with Crippen molar-refractivity contribution in [1.82, 2.24) is 14.9 Å². The van der Waals surface area contributed by atoms with Gasteiger partial charge in [0.2, 0.25) is 4.77 Å². The average Bonchev–Trinajstić information content (AvgIpc) is 3.02. The standard InChI is InChI=1S/C19H20N4OS/c1-3-14-5-7-15(8-6-14)13-20-23-18(21-22-19(23)25)16-9-11-17(12-10-16)24-4-2/h5-13H,3-4H2,1-2H3,(H,22,25). The molecule has 5 nitrogen and oxygen atoms in total. The Labute approximate surface area is 152 Å². The van der Waals surface area contributed by atoms with E-state index >= 15 is 0 Å². The van der Waals surface area contributed by atoms with E-state index in [2.05, 4.69) is 34.4 Å². The molecule has 6 heteroatoms. The first-order chi connectivity index (χ1) is 12.2. The SMILES string of the molecule is CCOc1ccc(-c2n[nH]c(=S)n2N=Cc2ccc(CC)cc2)cc1. The Balaban J connectivity index is 1.88. The van der Waals surface area contributed by atoms with Crippen LogP contribution in [-0.4, -0.2) is 27.7 Å². The zero-order chi connectivity index (χ0) is 17.6. The van der Waals surface area contributed by atoms with Crippen LogP contribution < -0.4 is 4.74 Å². The zero-order valence-corrected chi connectivity index (χ0v) is 15.1. The third-order valence-electron chi connectivity index (χ3n) is 3.78. The molecule has 1 N–H and O–H groups in total. The maximum Gasteiger partial charge on any atom is 0.216 e. The predicted octanol–water partition coefficient (Wildman–Crippen LogP) is 4.45. The Hall–Kier alpha value is -2.73. The number of hydrogen-bond acceptors (Lipinski definition) is 4. The van der Waals surface area contributed by atoms with Crippen LogP contribution in [-0.2, 0) is 6.42 Å². The summed E-state index contributed by atoms with van der Waals surface area (Å²) in [5.41, 5.74) is 3.22. The van der Waals surface area contributed by atoms with Crippen molar-refractivity contribution in [2.75, 3.05) is 6.61 Å². The van der Waals surface area contributed by atoms with Gasteiger partial charge in [0.15, 0.2) is 5.82 Å². The van der Waals surface area contributed by atoms with Crippen LogP contribution in [0.15, 0.2) is 53.6 Å². The molecule has 0 aliphatic rings. The fraction of sp³-hybridized carbons (Fsp3) is 0.211. The number of aromatic nitrogens is 3. The van der Waals surface area contributed by atoms with Crippen LogP contribution >= 0.6 is 12.2 Å². The van der Waals surface area contributed by atoms with Gasteiger partial charge in [-0.2, -0.15) is 14.9 Å². The van der Waals surface area contributed by atoms with Gasteiger partial charge in [0.1, 0.15) is 5.75 Å². The second-order valence-electron chi connectivity index (χ2n) is 5.46. The van der Waals surface area contributed by atoms with E-state index in [0.29, 0.717) is 17.2 Å². The molecule has 0 spiro atoms. The number of ether oxygens (including phenoxy) is 1. The summed E-state index contributed by atoms with van der Waals surface area (Å²) in [7, 11) is 0. The number of rotatable bonds is 6. The molecule has 0 bridgehead atoms. The van der Waals surface area contributed by atoms with E-state index in [9.17, 15) is 0 Å². The monoisotopic (exact) mass is 352 g/mol. The third-order valence-corrected chi connectivity index (χ3v) is 4.05. The highest BCUT2D eigenvalue weighted by Crippen LogP contribution is 2.21. The summed E-state index contributed by atoms with van der Waals surface area (Å²) in [6.07, 6.45) is 2.80. The first kappa shape index (κ1) is 17.1. The highest BCUT2D eigenvalue weighted by Gasteiger charge is 2.08. The molecule has 0 radical (unpaired) electrons. The van der Waals surface area contributed by atoms with Gasteiger partial charge in [-0.1, -0.05) is 31.2 Å². The van der Waals surface area contributed by atoms with E-state index in [4.69, 9.17) is 17.0 Å². The van der Waals surface area contributed by atoms with E-state index in [1.807, 2.05) is 43.3 Å². The van der Waals surface area contributed by atoms with Gasteiger partial charge < -0.3 is 4.74 Å². The van der Waals surface area contributed by atoms with Gasteiger partial charge in [-0.15, -0.1) is 0 Å². The molecule has 0 atom stereocenters. The lowest BCUT2D eigenvalue weighted by Gasteiger charge is -2.04. The van der Waals surface area contributed by atoms with Gasteiger partial charge in [0.25, 0.3) is 0 Å². The van der Waals surface area contributed by atoms with Crippen LogP contribution in [0.4, 0.5) is 0 Å². The molecule has 1 heterocycles. The highest BCUT2D eigenvalue weighted by atomic mass is 32.1. The average molecular weight is 352 g/mol. The van der Waals surface area contributed by atoms with Crippen LogP contribution in [0, 0.1) is 4.77 Å². The van der Waals surface area contributed by atoms with Gasteiger partial charge in [-0.05, 0) is 61.0 Å². The Morgan fingerprint density at radius 3 is 2.48 bits per heavy atom. The van der Waals surface area contributed by atoms with Gasteiger partial charge in [-0.25, -0.2) is 5.10 Å². The topological polar surface area (TPSA) is 55.2 Å². The largest absolute Gasteiger partial charge is 0.494 e. The second kappa shape index (κ2) is 7.90. The maximum atomic E-state index is 5.47. The summed E-state index contributed by atoms with van der Waals surface area (Å²) in [5, 5.41) is 11.6. The van der Waals surface area contributed by atoms with E-state index in [-0.39, 0.29) is 0 Å².